The second-order valence-electron chi connectivity index (χ2n) is 4.55. The van der Waals surface area contributed by atoms with E-state index in [1.165, 1.54) is 4.88 Å². The van der Waals surface area contributed by atoms with Crippen LogP contribution in [0.4, 0.5) is 0 Å². The molecule has 0 radical (unpaired) electrons. The van der Waals surface area contributed by atoms with E-state index in [-0.39, 0.29) is 0 Å². The summed E-state index contributed by atoms with van der Waals surface area (Å²) >= 11 is 5.38. The van der Waals surface area contributed by atoms with Crippen molar-refractivity contribution in [2.24, 2.45) is 5.41 Å². The van der Waals surface area contributed by atoms with Crippen molar-refractivity contribution in [3.63, 3.8) is 0 Å². The molecule has 0 aromatic carbocycles. The van der Waals surface area contributed by atoms with Gasteiger partial charge >= 0.3 is 0 Å². The standard InChI is InChI=1S/C11H18BrNS/c1-11(2,8-12)9-13(3)7-10-5-4-6-14-10/h4-6H,7-9H2,1-3H3. The van der Waals surface area contributed by atoms with E-state index in [4.69, 9.17) is 0 Å². The Morgan fingerprint density at radius 2 is 2.21 bits per heavy atom. The molecule has 0 atom stereocenters. The highest BCUT2D eigenvalue weighted by atomic mass is 79.9. The van der Waals surface area contributed by atoms with Crippen LogP contribution in [0, 0.1) is 5.41 Å². The third-order valence-electron chi connectivity index (χ3n) is 2.07. The van der Waals surface area contributed by atoms with E-state index in [1.54, 1.807) is 0 Å². The average Bonchev–Trinajstić information content (AvgIpc) is 2.55. The number of rotatable bonds is 5. The minimum absolute atomic E-state index is 0.353. The van der Waals surface area contributed by atoms with E-state index < -0.39 is 0 Å². The molecule has 3 heteroatoms. The lowest BCUT2D eigenvalue weighted by Crippen LogP contribution is -2.31. The van der Waals surface area contributed by atoms with Gasteiger partial charge < -0.3 is 4.90 Å². The van der Waals surface area contributed by atoms with Gasteiger partial charge in [0.15, 0.2) is 0 Å². The molecule has 0 amide bonds. The number of nitrogens with zero attached hydrogens (tertiary/aromatic N) is 1. The first-order chi connectivity index (χ1) is 6.53. The van der Waals surface area contributed by atoms with E-state index in [9.17, 15) is 0 Å². The summed E-state index contributed by atoms with van der Waals surface area (Å²) in [5.41, 5.74) is 0.353. The lowest BCUT2D eigenvalue weighted by molar-refractivity contribution is 0.227. The van der Waals surface area contributed by atoms with Crippen LogP contribution in [0.1, 0.15) is 18.7 Å². The summed E-state index contributed by atoms with van der Waals surface area (Å²) in [5, 5.41) is 3.19. The molecule has 1 rings (SSSR count). The molecule has 14 heavy (non-hydrogen) atoms. The van der Waals surface area contributed by atoms with E-state index in [1.807, 2.05) is 11.3 Å². The summed E-state index contributed by atoms with van der Waals surface area (Å²) in [6.07, 6.45) is 0. The van der Waals surface area contributed by atoms with Gasteiger partial charge in [-0.2, -0.15) is 0 Å². The molecule has 0 saturated heterocycles. The first-order valence-electron chi connectivity index (χ1n) is 4.80. The molecule has 0 bridgehead atoms. The first kappa shape index (κ1) is 12.2. The highest BCUT2D eigenvalue weighted by Crippen LogP contribution is 2.20. The molecule has 0 aliphatic rings. The Morgan fingerprint density at radius 3 is 2.71 bits per heavy atom. The fraction of sp³-hybridized carbons (Fsp3) is 0.636. The van der Waals surface area contributed by atoms with Gasteiger partial charge in [-0.05, 0) is 23.9 Å². The highest BCUT2D eigenvalue weighted by molar-refractivity contribution is 9.09. The number of thiophene rings is 1. The lowest BCUT2D eigenvalue weighted by Gasteiger charge is -2.28. The van der Waals surface area contributed by atoms with Crippen molar-refractivity contribution in [3.05, 3.63) is 22.4 Å². The Labute approximate surface area is 99.3 Å². The Hall–Kier alpha value is 0.140. The van der Waals surface area contributed by atoms with Crippen LogP contribution in [0.5, 0.6) is 0 Å². The van der Waals surface area contributed by atoms with E-state index in [2.05, 4.69) is 59.2 Å². The fourth-order valence-corrected chi connectivity index (χ4v) is 2.46. The Bertz CT molecular complexity index is 256. The molecule has 0 saturated carbocycles. The highest BCUT2D eigenvalue weighted by Gasteiger charge is 2.18. The van der Waals surface area contributed by atoms with Crippen LogP contribution in [0.25, 0.3) is 0 Å². The zero-order valence-electron chi connectivity index (χ0n) is 9.09. The summed E-state index contributed by atoms with van der Waals surface area (Å²) in [6, 6.07) is 4.31. The monoisotopic (exact) mass is 275 g/mol. The Balaban J connectivity index is 2.40. The molecule has 80 valence electrons. The van der Waals surface area contributed by atoms with Gasteiger partial charge in [0.1, 0.15) is 0 Å². The van der Waals surface area contributed by atoms with Gasteiger partial charge in [-0.3, -0.25) is 0 Å². The van der Waals surface area contributed by atoms with Crippen LogP contribution in [-0.4, -0.2) is 23.8 Å². The van der Waals surface area contributed by atoms with Crippen molar-refractivity contribution in [1.82, 2.24) is 4.90 Å². The van der Waals surface area contributed by atoms with Crippen LogP contribution < -0.4 is 0 Å². The molecule has 0 aliphatic heterocycles. The summed E-state index contributed by atoms with van der Waals surface area (Å²) in [4.78, 5) is 3.82. The Morgan fingerprint density at radius 1 is 1.50 bits per heavy atom. The van der Waals surface area contributed by atoms with Crippen LogP contribution in [0.2, 0.25) is 0 Å². The van der Waals surface area contributed by atoms with Crippen molar-refractivity contribution < 1.29 is 0 Å². The summed E-state index contributed by atoms with van der Waals surface area (Å²) in [5.74, 6) is 0. The second kappa shape index (κ2) is 5.29. The number of alkyl halides is 1. The molecular weight excluding hydrogens is 258 g/mol. The zero-order chi connectivity index (χ0) is 10.6. The van der Waals surface area contributed by atoms with Gasteiger partial charge in [0.2, 0.25) is 0 Å². The van der Waals surface area contributed by atoms with Gasteiger partial charge in [0, 0.05) is 23.3 Å². The molecule has 1 aromatic rings. The van der Waals surface area contributed by atoms with E-state index in [0.29, 0.717) is 5.41 Å². The second-order valence-corrected chi connectivity index (χ2v) is 6.14. The van der Waals surface area contributed by atoms with Crippen molar-refractivity contribution in [3.8, 4) is 0 Å². The predicted molar refractivity (Wildman–Crippen MR) is 68.2 cm³/mol. The molecule has 1 heterocycles. The minimum atomic E-state index is 0.353. The summed E-state index contributed by atoms with van der Waals surface area (Å²) in [6.45, 7) is 6.75. The maximum atomic E-state index is 3.55. The molecule has 0 aliphatic carbocycles. The molecular formula is C11H18BrNS. The number of hydrogen-bond acceptors (Lipinski definition) is 2. The maximum Gasteiger partial charge on any atom is 0.0325 e. The van der Waals surface area contributed by atoms with Crippen molar-refractivity contribution in [1.29, 1.82) is 0 Å². The number of halogens is 1. The van der Waals surface area contributed by atoms with Crippen LogP contribution in [-0.2, 0) is 6.54 Å². The SMILES string of the molecule is CN(Cc1cccs1)CC(C)(C)CBr. The van der Waals surface area contributed by atoms with Crippen LogP contribution in [0.15, 0.2) is 17.5 Å². The molecule has 0 spiro atoms. The fourth-order valence-electron chi connectivity index (χ4n) is 1.50. The molecule has 1 aromatic heterocycles. The normalized spacial score (nSPS) is 12.4. The van der Waals surface area contributed by atoms with Gasteiger partial charge in [-0.15, -0.1) is 11.3 Å². The van der Waals surface area contributed by atoms with E-state index >= 15 is 0 Å². The third kappa shape index (κ3) is 4.11. The largest absolute Gasteiger partial charge is 0.301 e. The van der Waals surface area contributed by atoms with Crippen LogP contribution in [0.3, 0.4) is 0 Å². The van der Waals surface area contributed by atoms with Gasteiger partial charge in [0.05, 0.1) is 0 Å². The lowest BCUT2D eigenvalue weighted by atomic mass is 9.96. The van der Waals surface area contributed by atoms with Crippen molar-refractivity contribution in [2.75, 3.05) is 18.9 Å². The van der Waals surface area contributed by atoms with Gasteiger partial charge in [-0.25, -0.2) is 0 Å². The predicted octanol–water partition coefficient (Wildman–Crippen LogP) is 3.60. The minimum Gasteiger partial charge on any atom is -0.301 e. The van der Waals surface area contributed by atoms with Gasteiger partial charge in [0.25, 0.3) is 0 Å². The quantitative estimate of drug-likeness (QED) is 0.743. The third-order valence-corrected chi connectivity index (χ3v) is 4.44. The summed E-state index contributed by atoms with van der Waals surface area (Å²) in [7, 11) is 2.18. The smallest absolute Gasteiger partial charge is 0.0325 e. The molecule has 0 N–H and O–H groups in total. The zero-order valence-corrected chi connectivity index (χ0v) is 11.5. The first-order valence-corrected chi connectivity index (χ1v) is 6.80. The van der Waals surface area contributed by atoms with Gasteiger partial charge in [-0.1, -0.05) is 35.8 Å². The van der Waals surface area contributed by atoms with E-state index in [0.717, 1.165) is 18.4 Å². The van der Waals surface area contributed by atoms with Crippen LogP contribution >= 0.6 is 27.3 Å². The van der Waals surface area contributed by atoms with Crippen molar-refractivity contribution >= 4 is 27.3 Å². The Kier molecular flexibility index (Phi) is 4.61. The summed E-state index contributed by atoms with van der Waals surface area (Å²) < 4.78 is 0. The maximum absolute atomic E-state index is 3.55. The topological polar surface area (TPSA) is 3.24 Å². The van der Waals surface area contributed by atoms with Crippen molar-refractivity contribution in [2.45, 2.75) is 20.4 Å². The molecule has 0 fully saturated rings. The molecule has 0 unspecified atom stereocenters. The average molecular weight is 276 g/mol. The number of hydrogen-bond donors (Lipinski definition) is 0. The molecule has 1 nitrogen and oxygen atoms in total.